The first-order valence-corrected chi connectivity index (χ1v) is 8.88. The molecule has 0 saturated carbocycles. The molecule has 0 bridgehead atoms. The van der Waals surface area contributed by atoms with E-state index in [1.165, 1.54) is 12.0 Å². The number of likely N-dealkylation sites (tertiary alicyclic amines) is 1. The van der Waals surface area contributed by atoms with Crippen LogP contribution in [0.3, 0.4) is 0 Å². The zero-order valence-electron chi connectivity index (χ0n) is 15.5. The fraction of sp³-hybridized carbons (Fsp3) is 0.765. The van der Waals surface area contributed by atoms with Crippen molar-refractivity contribution in [2.75, 3.05) is 53.0 Å². The summed E-state index contributed by atoms with van der Waals surface area (Å²) in [6.07, 6.45) is 2.10. The number of hydrogen-bond donors (Lipinski definition) is 1. The van der Waals surface area contributed by atoms with E-state index in [9.17, 15) is 0 Å². The average Bonchev–Trinajstić information content (AvgIpc) is 3.21. The minimum atomic E-state index is 0. The highest BCUT2D eigenvalue weighted by Gasteiger charge is 2.30. The molecule has 3 rings (SSSR count). The Bertz CT molecular complexity index is 552. The number of aryl methyl sites for hydroxylation is 2. The molecule has 0 radical (unpaired) electrons. The largest absolute Gasteiger partial charge is 0.379 e. The second-order valence-corrected chi connectivity index (χ2v) is 6.56. The first-order chi connectivity index (χ1) is 11.7. The second-order valence-electron chi connectivity index (χ2n) is 6.56. The quantitative estimate of drug-likeness (QED) is 0.414. The van der Waals surface area contributed by atoms with Gasteiger partial charge in [0.05, 0.1) is 18.9 Å². The summed E-state index contributed by atoms with van der Waals surface area (Å²) in [7, 11) is 1.86. The molecule has 0 aliphatic carbocycles. The third kappa shape index (κ3) is 5.07. The lowest BCUT2D eigenvalue weighted by Gasteiger charge is -2.32. The maximum absolute atomic E-state index is 5.46. The van der Waals surface area contributed by atoms with Gasteiger partial charge in [-0.3, -0.25) is 9.89 Å². The number of rotatable bonds is 4. The molecule has 7 nitrogen and oxygen atoms in total. The zero-order chi connectivity index (χ0) is 16.9. The molecule has 0 amide bonds. The molecule has 2 fully saturated rings. The van der Waals surface area contributed by atoms with Gasteiger partial charge < -0.3 is 19.5 Å². The summed E-state index contributed by atoms with van der Waals surface area (Å²) >= 11 is 0. The van der Waals surface area contributed by atoms with Crippen LogP contribution in [-0.4, -0.2) is 79.9 Å². The van der Waals surface area contributed by atoms with Gasteiger partial charge in [0.25, 0.3) is 0 Å². The van der Waals surface area contributed by atoms with Crippen LogP contribution in [0, 0.1) is 13.8 Å². The third-order valence-corrected chi connectivity index (χ3v) is 5.08. The summed E-state index contributed by atoms with van der Waals surface area (Å²) in [4.78, 5) is 9.39. The number of aromatic nitrogens is 1. The van der Waals surface area contributed by atoms with Gasteiger partial charge >= 0.3 is 0 Å². The van der Waals surface area contributed by atoms with Gasteiger partial charge in [-0.2, -0.15) is 0 Å². The highest BCUT2D eigenvalue weighted by molar-refractivity contribution is 14.0. The zero-order valence-corrected chi connectivity index (χ0v) is 17.8. The van der Waals surface area contributed by atoms with Gasteiger partial charge in [0.15, 0.2) is 5.96 Å². The predicted molar refractivity (Wildman–Crippen MR) is 109 cm³/mol. The summed E-state index contributed by atoms with van der Waals surface area (Å²) in [5, 5.41) is 7.50. The summed E-state index contributed by atoms with van der Waals surface area (Å²) in [6.45, 7) is 10.7. The van der Waals surface area contributed by atoms with Crippen LogP contribution in [0.5, 0.6) is 0 Å². The van der Waals surface area contributed by atoms with E-state index in [-0.39, 0.29) is 24.0 Å². The van der Waals surface area contributed by atoms with Crippen LogP contribution in [0.1, 0.15) is 23.4 Å². The molecule has 1 N–H and O–H groups in total. The minimum Gasteiger partial charge on any atom is -0.379 e. The normalized spacial score (nSPS) is 22.1. The minimum absolute atomic E-state index is 0. The Hall–Kier alpha value is -0.870. The standard InChI is InChI=1S/C17H29N5O2.HI/c1-13-16(14(2)24-20-13)4-6-19-17(18-3)22-7-5-15(12-22)21-8-10-23-11-9-21;/h15H,4-12H2,1-3H3,(H,18,19);1H. The molecule has 1 unspecified atom stereocenters. The van der Waals surface area contributed by atoms with Crippen LogP contribution < -0.4 is 5.32 Å². The SMILES string of the molecule is CN=C(NCCc1c(C)noc1C)N1CCC(N2CCOCC2)C1.I. The van der Waals surface area contributed by atoms with E-state index in [1.54, 1.807) is 0 Å². The smallest absolute Gasteiger partial charge is 0.193 e. The summed E-state index contributed by atoms with van der Waals surface area (Å²) in [6, 6.07) is 0.620. The molecule has 25 heavy (non-hydrogen) atoms. The van der Waals surface area contributed by atoms with Crippen molar-refractivity contribution in [3.8, 4) is 0 Å². The molecule has 3 heterocycles. The molecule has 0 aromatic carbocycles. The van der Waals surface area contributed by atoms with Crippen molar-refractivity contribution >= 4 is 29.9 Å². The number of aliphatic imine (C=N–C) groups is 1. The van der Waals surface area contributed by atoms with E-state index in [0.717, 1.165) is 69.8 Å². The van der Waals surface area contributed by atoms with Gasteiger partial charge in [-0.15, -0.1) is 24.0 Å². The summed E-state index contributed by atoms with van der Waals surface area (Å²) < 4.78 is 10.7. The molecule has 2 aliphatic rings. The number of halogens is 1. The van der Waals surface area contributed by atoms with Gasteiger partial charge in [0.2, 0.25) is 0 Å². The molecule has 1 aromatic heterocycles. The van der Waals surface area contributed by atoms with Crippen molar-refractivity contribution in [2.24, 2.45) is 4.99 Å². The predicted octanol–water partition coefficient (Wildman–Crippen LogP) is 1.43. The maximum Gasteiger partial charge on any atom is 0.193 e. The maximum atomic E-state index is 5.46. The Balaban J connectivity index is 0.00000225. The fourth-order valence-electron chi connectivity index (χ4n) is 3.67. The van der Waals surface area contributed by atoms with Crippen LogP contribution in [0.25, 0.3) is 0 Å². The van der Waals surface area contributed by atoms with E-state index in [0.29, 0.717) is 6.04 Å². The Labute approximate surface area is 167 Å². The molecule has 1 aromatic rings. The van der Waals surface area contributed by atoms with Gasteiger partial charge in [-0.1, -0.05) is 5.16 Å². The molecule has 1 atom stereocenters. The van der Waals surface area contributed by atoms with Crippen molar-refractivity contribution in [2.45, 2.75) is 32.7 Å². The second kappa shape index (κ2) is 9.72. The Kier molecular flexibility index (Phi) is 7.95. The number of hydrogen-bond acceptors (Lipinski definition) is 5. The fourth-order valence-corrected chi connectivity index (χ4v) is 3.67. The molecule has 2 aliphatic heterocycles. The topological polar surface area (TPSA) is 66.1 Å². The summed E-state index contributed by atoms with van der Waals surface area (Å²) in [5.74, 6) is 1.91. The first-order valence-electron chi connectivity index (χ1n) is 8.88. The van der Waals surface area contributed by atoms with Crippen LogP contribution in [0.4, 0.5) is 0 Å². The lowest BCUT2D eigenvalue weighted by atomic mass is 10.1. The average molecular weight is 463 g/mol. The molecule has 2 saturated heterocycles. The lowest BCUT2D eigenvalue weighted by Crippen LogP contribution is -2.46. The van der Waals surface area contributed by atoms with Crippen LogP contribution in [0.15, 0.2) is 9.52 Å². The Morgan fingerprint density at radius 2 is 2.04 bits per heavy atom. The van der Waals surface area contributed by atoms with Gasteiger partial charge in [0, 0.05) is 51.4 Å². The molecular weight excluding hydrogens is 433 g/mol. The Morgan fingerprint density at radius 1 is 1.28 bits per heavy atom. The van der Waals surface area contributed by atoms with Gasteiger partial charge in [0.1, 0.15) is 5.76 Å². The lowest BCUT2D eigenvalue weighted by molar-refractivity contribution is 0.0195. The molecule has 8 heteroatoms. The number of guanidine groups is 1. The molecule has 0 spiro atoms. The number of morpholine rings is 1. The van der Waals surface area contributed by atoms with E-state index >= 15 is 0 Å². The summed E-state index contributed by atoms with van der Waals surface area (Å²) in [5.41, 5.74) is 2.18. The van der Waals surface area contributed by atoms with Crippen molar-refractivity contribution in [3.05, 3.63) is 17.0 Å². The van der Waals surface area contributed by atoms with E-state index in [4.69, 9.17) is 9.26 Å². The van der Waals surface area contributed by atoms with E-state index < -0.39 is 0 Å². The van der Waals surface area contributed by atoms with Crippen molar-refractivity contribution in [1.29, 1.82) is 0 Å². The highest BCUT2D eigenvalue weighted by Crippen LogP contribution is 2.17. The van der Waals surface area contributed by atoms with E-state index in [2.05, 4.69) is 25.3 Å². The van der Waals surface area contributed by atoms with Gasteiger partial charge in [-0.05, 0) is 26.7 Å². The molecular formula is C17H30IN5O2. The van der Waals surface area contributed by atoms with Crippen LogP contribution in [0.2, 0.25) is 0 Å². The number of ether oxygens (including phenoxy) is 1. The van der Waals surface area contributed by atoms with Crippen molar-refractivity contribution in [3.63, 3.8) is 0 Å². The molecule has 142 valence electrons. The highest BCUT2D eigenvalue weighted by atomic mass is 127. The van der Waals surface area contributed by atoms with Crippen LogP contribution in [-0.2, 0) is 11.2 Å². The third-order valence-electron chi connectivity index (χ3n) is 5.08. The monoisotopic (exact) mass is 463 g/mol. The first kappa shape index (κ1) is 20.4. The van der Waals surface area contributed by atoms with Gasteiger partial charge in [-0.25, -0.2) is 0 Å². The van der Waals surface area contributed by atoms with E-state index in [1.807, 2.05) is 20.9 Å². The van der Waals surface area contributed by atoms with Crippen molar-refractivity contribution in [1.82, 2.24) is 20.3 Å². The van der Waals surface area contributed by atoms with Crippen molar-refractivity contribution < 1.29 is 9.26 Å². The Morgan fingerprint density at radius 3 is 2.68 bits per heavy atom. The number of nitrogens with zero attached hydrogens (tertiary/aromatic N) is 4. The number of nitrogens with one attached hydrogen (secondary N) is 1. The van der Waals surface area contributed by atoms with Crippen LogP contribution >= 0.6 is 24.0 Å².